The minimum Gasteiger partial charge on any atom is -0.486 e. The molecule has 0 radical (unpaired) electrons. The zero-order valence-electron chi connectivity index (χ0n) is 11.2. The molecule has 2 N–H and O–H groups in total. The molecule has 4 nitrogen and oxygen atoms in total. The van der Waals surface area contributed by atoms with Gasteiger partial charge >= 0.3 is 0 Å². The number of rotatable bonds is 3. The number of ether oxygens (including phenoxy) is 2. The van der Waals surface area contributed by atoms with E-state index in [1.165, 1.54) is 0 Å². The highest BCUT2D eigenvalue weighted by molar-refractivity contribution is 7.99. The van der Waals surface area contributed by atoms with Gasteiger partial charge in [-0.25, -0.2) is 4.98 Å². The molecule has 2 aromatic rings. The first-order valence-corrected chi connectivity index (χ1v) is 7.33. The number of nitrogens with zero attached hydrogens (tertiary/aromatic N) is 1. The lowest BCUT2D eigenvalue weighted by molar-refractivity contribution is 0.171. The highest BCUT2D eigenvalue weighted by Crippen LogP contribution is 2.36. The van der Waals surface area contributed by atoms with Crippen LogP contribution >= 0.6 is 11.8 Å². The monoisotopic (exact) mass is 288 g/mol. The summed E-state index contributed by atoms with van der Waals surface area (Å²) in [5.74, 6) is 1.60. The fourth-order valence-electron chi connectivity index (χ4n) is 1.97. The van der Waals surface area contributed by atoms with Crippen molar-refractivity contribution < 1.29 is 9.47 Å². The highest BCUT2D eigenvalue weighted by Gasteiger charge is 2.12. The summed E-state index contributed by atoms with van der Waals surface area (Å²) >= 11 is 1.59. The van der Waals surface area contributed by atoms with Gasteiger partial charge < -0.3 is 15.2 Å². The lowest BCUT2D eigenvalue weighted by Crippen LogP contribution is -2.15. The van der Waals surface area contributed by atoms with Crippen LogP contribution in [-0.4, -0.2) is 18.2 Å². The molecule has 0 spiro atoms. The lowest BCUT2D eigenvalue weighted by Gasteiger charge is -2.18. The molecule has 104 valence electrons. The molecule has 0 bridgehead atoms. The molecule has 5 heteroatoms. The number of benzene rings is 1. The van der Waals surface area contributed by atoms with Crippen molar-refractivity contribution in [2.45, 2.75) is 22.9 Å². The normalized spacial score (nSPS) is 14.9. The standard InChI is InChI=1S/C15H16N2O2S/c1-10(16)11-4-5-17-15(8-11)20-12-2-3-13-14(9-12)19-7-6-18-13/h2-5,8-10H,6-7,16H2,1H3/t10-/m0/s1. The van der Waals surface area contributed by atoms with Gasteiger partial charge in [-0.2, -0.15) is 0 Å². The molecule has 1 aromatic carbocycles. The van der Waals surface area contributed by atoms with Gasteiger partial charge in [-0.1, -0.05) is 11.8 Å². The molecule has 0 fully saturated rings. The Labute approximate surface area is 122 Å². The Balaban J connectivity index is 1.82. The number of pyridine rings is 1. The number of hydrogen-bond donors (Lipinski definition) is 1. The summed E-state index contributed by atoms with van der Waals surface area (Å²) in [7, 11) is 0. The molecule has 0 amide bonds. The maximum absolute atomic E-state index is 5.89. The topological polar surface area (TPSA) is 57.4 Å². The Bertz CT molecular complexity index is 617. The number of aromatic nitrogens is 1. The van der Waals surface area contributed by atoms with Crippen molar-refractivity contribution in [3.8, 4) is 11.5 Å². The quantitative estimate of drug-likeness (QED) is 0.940. The van der Waals surface area contributed by atoms with E-state index in [0.717, 1.165) is 27.0 Å². The van der Waals surface area contributed by atoms with Crippen molar-refractivity contribution in [1.29, 1.82) is 0 Å². The Morgan fingerprint density at radius 3 is 2.75 bits per heavy atom. The zero-order valence-corrected chi connectivity index (χ0v) is 12.0. The molecule has 1 aromatic heterocycles. The lowest BCUT2D eigenvalue weighted by atomic mass is 10.1. The summed E-state index contributed by atoms with van der Waals surface area (Å²) in [5, 5.41) is 0.927. The fraction of sp³-hybridized carbons (Fsp3) is 0.267. The van der Waals surface area contributed by atoms with Gasteiger partial charge in [-0.15, -0.1) is 0 Å². The van der Waals surface area contributed by atoms with Crippen molar-refractivity contribution in [3.63, 3.8) is 0 Å². The van der Waals surface area contributed by atoms with Gasteiger partial charge in [0.1, 0.15) is 18.2 Å². The van der Waals surface area contributed by atoms with Crippen molar-refractivity contribution in [2.75, 3.05) is 13.2 Å². The van der Waals surface area contributed by atoms with Gasteiger partial charge in [-0.05, 0) is 42.8 Å². The van der Waals surface area contributed by atoms with Crippen molar-refractivity contribution in [1.82, 2.24) is 4.98 Å². The van der Waals surface area contributed by atoms with Crippen LogP contribution in [0, 0.1) is 0 Å². The molecular weight excluding hydrogens is 272 g/mol. The summed E-state index contributed by atoms with van der Waals surface area (Å²) in [5.41, 5.74) is 6.98. The van der Waals surface area contributed by atoms with E-state index in [1.54, 1.807) is 18.0 Å². The molecule has 1 atom stereocenters. The van der Waals surface area contributed by atoms with Gasteiger partial charge in [0, 0.05) is 17.1 Å². The minimum atomic E-state index is 0.0117. The third-order valence-electron chi connectivity index (χ3n) is 3.02. The van der Waals surface area contributed by atoms with E-state index in [9.17, 15) is 0 Å². The van der Waals surface area contributed by atoms with E-state index < -0.39 is 0 Å². The molecule has 1 aliphatic heterocycles. The van der Waals surface area contributed by atoms with E-state index >= 15 is 0 Å². The summed E-state index contributed by atoms with van der Waals surface area (Å²) in [6, 6.07) is 9.91. The second kappa shape index (κ2) is 5.73. The average Bonchev–Trinajstić information content (AvgIpc) is 2.47. The second-order valence-corrected chi connectivity index (χ2v) is 5.72. The minimum absolute atomic E-state index is 0.0117. The molecular formula is C15H16N2O2S. The number of hydrogen-bond acceptors (Lipinski definition) is 5. The first kappa shape index (κ1) is 13.3. The molecule has 2 heterocycles. The summed E-state index contributed by atoms with van der Waals surface area (Å²) in [6.07, 6.45) is 1.79. The third kappa shape index (κ3) is 2.89. The summed E-state index contributed by atoms with van der Waals surface area (Å²) in [4.78, 5) is 5.44. The third-order valence-corrected chi connectivity index (χ3v) is 3.94. The van der Waals surface area contributed by atoms with Crippen molar-refractivity contribution in [3.05, 3.63) is 42.1 Å². The fourth-order valence-corrected chi connectivity index (χ4v) is 2.82. The van der Waals surface area contributed by atoms with Crippen LogP contribution in [0.5, 0.6) is 11.5 Å². The Kier molecular flexibility index (Phi) is 3.80. The first-order chi connectivity index (χ1) is 9.72. The van der Waals surface area contributed by atoms with E-state index in [0.29, 0.717) is 13.2 Å². The largest absolute Gasteiger partial charge is 0.486 e. The molecule has 0 unspecified atom stereocenters. The Morgan fingerprint density at radius 2 is 1.95 bits per heavy atom. The SMILES string of the molecule is C[C@H](N)c1ccnc(Sc2ccc3c(c2)OCCO3)c1. The van der Waals surface area contributed by atoms with Crippen LogP contribution in [0.2, 0.25) is 0 Å². The average molecular weight is 288 g/mol. The first-order valence-electron chi connectivity index (χ1n) is 6.51. The van der Waals surface area contributed by atoms with Crippen molar-refractivity contribution >= 4 is 11.8 Å². The zero-order chi connectivity index (χ0) is 13.9. The molecule has 0 saturated heterocycles. The van der Waals surface area contributed by atoms with Crippen LogP contribution in [0.15, 0.2) is 46.5 Å². The van der Waals surface area contributed by atoms with E-state index in [4.69, 9.17) is 15.2 Å². The van der Waals surface area contributed by atoms with Crippen molar-refractivity contribution in [2.24, 2.45) is 5.73 Å². The van der Waals surface area contributed by atoms with Gasteiger partial charge in [0.05, 0.1) is 0 Å². The van der Waals surface area contributed by atoms with Crippen LogP contribution < -0.4 is 15.2 Å². The van der Waals surface area contributed by atoms with E-state index in [2.05, 4.69) is 4.98 Å². The van der Waals surface area contributed by atoms with Gasteiger partial charge in [0.25, 0.3) is 0 Å². The molecule has 20 heavy (non-hydrogen) atoms. The van der Waals surface area contributed by atoms with Gasteiger partial charge in [-0.3, -0.25) is 0 Å². The van der Waals surface area contributed by atoms with Gasteiger partial charge in [0.2, 0.25) is 0 Å². The summed E-state index contributed by atoms with van der Waals surface area (Å²) < 4.78 is 11.1. The predicted molar refractivity (Wildman–Crippen MR) is 78.4 cm³/mol. The van der Waals surface area contributed by atoms with Crippen LogP contribution in [0.3, 0.4) is 0 Å². The van der Waals surface area contributed by atoms with Crippen LogP contribution in [0.1, 0.15) is 18.5 Å². The second-order valence-electron chi connectivity index (χ2n) is 4.62. The Morgan fingerprint density at radius 1 is 1.15 bits per heavy atom. The number of nitrogens with two attached hydrogens (primary N) is 1. The highest BCUT2D eigenvalue weighted by atomic mass is 32.2. The maximum atomic E-state index is 5.89. The van der Waals surface area contributed by atoms with E-state index in [1.807, 2.05) is 37.3 Å². The number of fused-ring (bicyclic) bond motifs is 1. The molecule has 3 rings (SSSR count). The summed E-state index contributed by atoms with van der Waals surface area (Å²) in [6.45, 7) is 3.17. The predicted octanol–water partition coefficient (Wildman–Crippen LogP) is 3.02. The van der Waals surface area contributed by atoms with Crippen LogP contribution in [0.4, 0.5) is 0 Å². The van der Waals surface area contributed by atoms with Crippen LogP contribution in [-0.2, 0) is 0 Å². The Hall–Kier alpha value is -1.72. The van der Waals surface area contributed by atoms with E-state index in [-0.39, 0.29) is 6.04 Å². The molecule has 0 aliphatic carbocycles. The smallest absolute Gasteiger partial charge is 0.162 e. The molecule has 1 aliphatic rings. The molecule has 0 saturated carbocycles. The van der Waals surface area contributed by atoms with Gasteiger partial charge in [0.15, 0.2) is 11.5 Å². The maximum Gasteiger partial charge on any atom is 0.162 e. The van der Waals surface area contributed by atoms with Crippen LogP contribution in [0.25, 0.3) is 0 Å².